The fourth-order valence-electron chi connectivity index (χ4n) is 1.38. The van der Waals surface area contributed by atoms with Gasteiger partial charge in [-0.2, -0.15) is 0 Å². The first-order valence-electron chi connectivity index (χ1n) is 6.17. The molecule has 0 fully saturated rings. The molecule has 3 heteroatoms. The van der Waals surface area contributed by atoms with Gasteiger partial charge in [0.1, 0.15) is 0 Å². The van der Waals surface area contributed by atoms with E-state index in [-0.39, 0.29) is 5.91 Å². The summed E-state index contributed by atoms with van der Waals surface area (Å²) in [5.74, 6) is 0.699. The summed E-state index contributed by atoms with van der Waals surface area (Å²) in [6, 6.07) is 0. The van der Waals surface area contributed by atoms with E-state index in [9.17, 15) is 4.79 Å². The quantitative estimate of drug-likeness (QED) is 0.577. The predicted molar refractivity (Wildman–Crippen MR) is 64.6 cm³/mol. The van der Waals surface area contributed by atoms with Crippen molar-refractivity contribution in [2.75, 3.05) is 13.1 Å². The van der Waals surface area contributed by atoms with E-state index < -0.39 is 0 Å². The second kappa shape index (κ2) is 9.97. The summed E-state index contributed by atoms with van der Waals surface area (Å²) in [5, 5.41) is 2.95. The zero-order valence-corrected chi connectivity index (χ0v) is 10.2. The Labute approximate surface area is 93.8 Å². The van der Waals surface area contributed by atoms with Crippen molar-refractivity contribution >= 4 is 5.91 Å². The number of unbranched alkanes of at least 4 members (excludes halogenated alkanes) is 3. The van der Waals surface area contributed by atoms with Crippen molar-refractivity contribution in [1.82, 2.24) is 5.32 Å². The third-order valence-corrected chi connectivity index (χ3v) is 2.68. The molecule has 0 aliphatic heterocycles. The highest BCUT2D eigenvalue weighted by molar-refractivity contribution is 5.76. The number of hydrogen-bond acceptors (Lipinski definition) is 2. The molecule has 90 valence electrons. The molecule has 1 amide bonds. The number of amides is 1. The summed E-state index contributed by atoms with van der Waals surface area (Å²) < 4.78 is 0. The Kier molecular flexibility index (Phi) is 9.59. The molecule has 1 unspecified atom stereocenters. The molecule has 15 heavy (non-hydrogen) atoms. The number of rotatable bonds is 9. The number of carbonyl (C=O) groups is 1. The Balaban J connectivity index is 3.24. The highest BCUT2D eigenvalue weighted by Crippen LogP contribution is 2.05. The van der Waals surface area contributed by atoms with Crippen LogP contribution < -0.4 is 11.1 Å². The molecule has 0 rings (SSSR count). The summed E-state index contributed by atoms with van der Waals surface area (Å²) in [6.45, 7) is 5.83. The molecular formula is C12H26N2O. The molecule has 0 saturated carbocycles. The third kappa shape index (κ3) is 9.73. The SMILES string of the molecule is CCC(C)CC(=O)NCCCCCCN. The first kappa shape index (κ1) is 14.4. The lowest BCUT2D eigenvalue weighted by atomic mass is 10.1. The molecule has 0 aliphatic carbocycles. The maximum absolute atomic E-state index is 11.4. The lowest BCUT2D eigenvalue weighted by Gasteiger charge is -2.08. The van der Waals surface area contributed by atoms with E-state index in [0.717, 1.165) is 32.4 Å². The van der Waals surface area contributed by atoms with Crippen LogP contribution in [0.5, 0.6) is 0 Å². The summed E-state index contributed by atoms with van der Waals surface area (Å²) in [7, 11) is 0. The average molecular weight is 214 g/mol. The van der Waals surface area contributed by atoms with Gasteiger partial charge in [0.05, 0.1) is 0 Å². The van der Waals surface area contributed by atoms with Crippen LogP contribution in [0.3, 0.4) is 0 Å². The minimum absolute atomic E-state index is 0.197. The van der Waals surface area contributed by atoms with Crippen LogP contribution in [0.1, 0.15) is 52.4 Å². The van der Waals surface area contributed by atoms with E-state index in [4.69, 9.17) is 5.73 Å². The van der Waals surface area contributed by atoms with E-state index in [1.54, 1.807) is 0 Å². The van der Waals surface area contributed by atoms with Crippen molar-refractivity contribution in [3.05, 3.63) is 0 Å². The molecular weight excluding hydrogens is 188 g/mol. The zero-order chi connectivity index (χ0) is 11.5. The van der Waals surface area contributed by atoms with Crippen LogP contribution in [0, 0.1) is 5.92 Å². The Morgan fingerprint density at radius 2 is 1.93 bits per heavy atom. The molecule has 0 aromatic heterocycles. The van der Waals surface area contributed by atoms with Crippen LogP contribution in [-0.2, 0) is 4.79 Å². The van der Waals surface area contributed by atoms with Gasteiger partial charge in [0, 0.05) is 13.0 Å². The third-order valence-electron chi connectivity index (χ3n) is 2.68. The maximum atomic E-state index is 11.4. The molecule has 0 aliphatic rings. The largest absolute Gasteiger partial charge is 0.356 e. The van der Waals surface area contributed by atoms with Crippen LogP contribution in [0.4, 0.5) is 0 Å². The smallest absolute Gasteiger partial charge is 0.220 e. The van der Waals surface area contributed by atoms with E-state index >= 15 is 0 Å². The fraction of sp³-hybridized carbons (Fsp3) is 0.917. The number of hydrogen-bond donors (Lipinski definition) is 2. The Hall–Kier alpha value is -0.570. The predicted octanol–water partition coefficient (Wildman–Crippen LogP) is 2.06. The Bertz CT molecular complexity index is 160. The Morgan fingerprint density at radius 3 is 2.53 bits per heavy atom. The van der Waals surface area contributed by atoms with Gasteiger partial charge in [-0.25, -0.2) is 0 Å². The highest BCUT2D eigenvalue weighted by Gasteiger charge is 2.05. The summed E-state index contributed by atoms with van der Waals surface area (Å²) in [4.78, 5) is 11.4. The summed E-state index contributed by atoms with van der Waals surface area (Å²) in [6.07, 6.45) is 6.26. The summed E-state index contributed by atoms with van der Waals surface area (Å²) >= 11 is 0. The van der Waals surface area contributed by atoms with Crippen molar-refractivity contribution < 1.29 is 4.79 Å². The van der Waals surface area contributed by atoms with Gasteiger partial charge in [-0.05, 0) is 25.3 Å². The van der Waals surface area contributed by atoms with Crippen molar-refractivity contribution in [1.29, 1.82) is 0 Å². The maximum Gasteiger partial charge on any atom is 0.220 e. The highest BCUT2D eigenvalue weighted by atomic mass is 16.1. The monoisotopic (exact) mass is 214 g/mol. The molecule has 3 nitrogen and oxygen atoms in total. The lowest BCUT2D eigenvalue weighted by Crippen LogP contribution is -2.25. The molecule has 0 saturated heterocycles. The first-order valence-corrected chi connectivity index (χ1v) is 6.17. The number of nitrogens with two attached hydrogens (primary N) is 1. The standard InChI is InChI=1S/C12H26N2O/c1-3-11(2)10-12(15)14-9-7-5-4-6-8-13/h11H,3-10,13H2,1-2H3,(H,14,15). The van der Waals surface area contributed by atoms with Crippen molar-refractivity contribution in [2.24, 2.45) is 11.7 Å². The second-order valence-electron chi connectivity index (χ2n) is 4.27. The van der Waals surface area contributed by atoms with Crippen LogP contribution in [0.25, 0.3) is 0 Å². The van der Waals surface area contributed by atoms with E-state index in [2.05, 4.69) is 19.2 Å². The van der Waals surface area contributed by atoms with Crippen LogP contribution in [-0.4, -0.2) is 19.0 Å². The van der Waals surface area contributed by atoms with Crippen LogP contribution in [0.2, 0.25) is 0 Å². The van der Waals surface area contributed by atoms with Gasteiger partial charge < -0.3 is 11.1 Å². The van der Waals surface area contributed by atoms with Crippen LogP contribution in [0.15, 0.2) is 0 Å². The van der Waals surface area contributed by atoms with E-state index in [0.29, 0.717) is 12.3 Å². The van der Waals surface area contributed by atoms with Gasteiger partial charge in [0.2, 0.25) is 5.91 Å². The van der Waals surface area contributed by atoms with Gasteiger partial charge in [0.15, 0.2) is 0 Å². The molecule has 0 radical (unpaired) electrons. The van der Waals surface area contributed by atoms with Gasteiger partial charge >= 0.3 is 0 Å². The van der Waals surface area contributed by atoms with Gasteiger partial charge in [-0.3, -0.25) is 4.79 Å². The minimum atomic E-state index is 0.197. The fourth-order valence-corrected chi connectivity index (χ4v) is 1.38. The lowest BCUT2D eigenvalue weighted by molar-refractivity contribution is -0.121. The van der Waals surface area contributed by atoms with Crippen molar-refractivity contribution in [3.8, 4) is 0 Å². The second-order valence-corrected chi connectivity index (χ2v) is 4.27. The molecule has 0 aromatic rings. The topological polar surface area (TPSA) is 55.1 Å². The average Bonchev–Trinajstić information content (AvgIpc) is 2.23. The zero-order valence-electron chi connectivity index (χ0n) is 10.2. The summed E-state index contributed by atoms with van der Waals surface area (Å²) in [5.41, 5.74) is 5.39. The molecule has 3 N–H and O–H groups in total. The minimum Gasteiger partial charge on any atom is -0.356 e. The van der Waals surface area contributed by atoms with Crippen molar-refractivity contribution in [2.45, 2.75) is 52.4 Å². The van der Waals surface area contributed by atoms with E-state index in [1.165, 1.54) is 12.8 Å². The molecule has 1 atom stereocenters. The first-order chi connectivity index (χ1) is 7.20. The Morgan fingerprint density at radius 1 is 1.27 bits per heavy atom. The molecule has 0 spiro atoms. The van der Waals surface area contributed by atoms with Crippen LogP contribution >= 0.6 is 0 Å². The molecule has 0 bridgehead atoms. The van der Waals surface area contributed by atoms with E-state index in [1.807, 2.05) is 0 Å². The number of carbonyl (C=O) groups excluding carboxylic acids is 1. The van der Waals surface area contributed by atoms with Gasteiger partial charge in [0.25, 0.3) is 0 Å². The van der Waals surface area contributed by atoms with Crippen molar-refractivity contribution in [3.63, 3.8) is 0 Å². The molecule has 0 aromatic carbocycles. The molecule has 0 heterocycles. The van der Waals surface area contributed by atoms with Gasteiger partial charge in [-0.15, -0.1) is 0 Å². The van der Waals surface area contributed by atoms with Gasteiger partial charge in [-0.1, -0.05) is 33.1 Å². The normalized spacial score (nSPS) is 12.5. The number of nitrogens with one attached hydrogen (secondary N) is 1.